The van der Waals surface area contributed by atoms with Gasteiger partial charge in [-0.15, -0.1) is 0 Å². The predicted molar refractivity (Wildman–Crippen MR) is 109 cm³/mol. The molecule has 0 bridgehead atoms. The van der Waals surface area contributed by atoms with Gasteiger partial charge in [-0.25, -0.2) is 4.79 Å². The Morgan fingerprint density at radius 2 is 1.38 bits per heavy atom. The molecule has 1 aromatic heterocycles. The molecule has 17 heteroatoms. The Hall–Kier alpha value is -3.50. The van der Waals surface area contributed by atoms with Gasteiger partial charge < -0.3 is 14.2 Å². The number of urea groups is 1. The van der Waals surface area contributed by atoms with Crippen LogP contribution in [0.3, 0.4) is 0 Å². The topological polar surface area (TPSA) is 85.8 Å². The molecule has 2 amide bonds. The van der Waals surface area contributed by atoms with Crippen LogP contribution in [0.1, 0.15) is 19.4 Å². The van der Waals surface area contributed by atoms with Crippen molar-refractivity contribution in [2.75, 3.05) is 30.2 Å². The van der Waals surface area contributed by atoms with E-state index in [1.165, 1.54) is 0 Å². The van der Waals surface area contributed by atoms with Gasteiger partial charge in [0.15, 0.2) is 13.2 Å². The van der Waals surface area contributed by atoms with E-state index in [0.717, 1.165) is 17.0 Å². The summed E-state index contributed by atoms with van der Waals surface area (Å²) in [5, 5.41) is 2.02. The number of ether oxygens (including phenoxy) is 3. The molecular weight excluding hydrogens is 531 g/mol. The predicted octanol–water partition coefficient (Wildman–Crippen LogP) is 5.80. The van der Waals surface area contributed by atoms with Crippen molar-refractivity contribution in [3.63, 3.8) is 0 Å². The number of nitrogens with zero attached hydrogens (tertiary/aromatic N) is 3. The molecule has 0 saturated heterocycles. The second-order valence-electron chi connectivity index (χ2n) is 7.42. The lowest BCUT2D eigenvalue weighted by Crippen LogP contribution is -2.38. The van der Waals surface area contributed by atoms with Crippen molar-refractivity contribution in [1.29, 1.82) is 0 Å². The van der Waals surface area contributed by atoms with Gasteiger partial charge in [-0.1, -0.05) is 0 Å². The Balaban J connectivity index is 2.34. The largest absolute Gasteiger partial charge is 0.468 e. The molecule has 0 aliphatic heterocycles. The minimum atomic E-state index is -4.82. The van der Waals surface area contributed by atoms with Crippen molar-refractivity contribution in [2.24, 2.45) is 0 Å². The van der Waals surface area contributed by atoms with Crippen LogP contribution in [0.15, 0.2) is 30.3 Å². The molecule has 0 atom stereocenters. The maximum atomic E-state index is 12.9. The summed E-state index contributed by atoms with van der Waals surface area (Å²) in [5.74, 6) is -2.57. The van der Waals surface area contributed by atoms with Crippen molar-refractivity contribution in [3.8, 4) is 11.8 Å². The summed E-state index contributed by atoms with van der Waals surface area (Å²) < 4.78 is 128. The van der Waals surface area contributed by atoms with Gasteiger partial charge in [-0.3, -0.25) is 10.2 Å². The molecule has 2 aromatic rings. The number of carbonyl (C=O) groups excluding carboxylic acids is 1. The first kappa shape index (κ1) is 29.7. The molecule has 0 unspecified atom stereocenters. The zero-order chi connectivity index (χ0) is 28.0. The summed E-state index contributed by atoms with van der Waals surface area (Å²) >= 11 is 0. The number of nitrogens with one attached hydrogen (secondary N) is 1. The van der Waals surface area contributed by atoms with E-state index in [9.17, 15) is 44.3 Å². The first-order valence-electron chi connectivity index (χ1n) is 10.1. The Morgan fingerprint density at radius 1 is 0.892 bits per heavy atom. The molecule has 8 nitrogen and oxygen atoms in total. The van der Waals surface area contributed by atoms with Crippen LogP contribution in [-0.2, 0) is 10.9 Å². The van der Waals surface area contributed by atoms with Gasteiger partial charge in [0.1, 0.15) is 6.73 Å². The standard InChI is InChI=1S/C20H19F9N4O4/c1-11(2)37-10-33(13-5-3-12(4-6-13)20(27,28)29)17(34)32-16-30-14(35-8-18(21,22)23)7-15(31-16)36-9-19(24,25)26/h3-7,11H,8-10H2,1-2H3,(H,30,31,32,34). The van der Waals surface area contributed by atoms with E-state index in [1.807, 2.05) is 5.32 Å². The lowest BCUT2D eigenvalue weighted by molar-refractivity contribution is -0.154. The quantitative estimate of drug-likeness (QED) is 0.314. The van der Waals surface area contributed by atoms with Crippen LogP contribution < -0.4 is 19.7 Å². The minimum Gasteiger partial charge on any atom is -0.468 e. The van der Waals surface area contributed by atoms with E-state index in [4.69, 9.17) is 4.74 Å². The number of alkyl halides is 9. The normalized spacial score (nSPS) is 12.4. The molecule has 1 N–H and O–H groups in total. The second-order valence-corrected chi connectivity index (χ2v) is 7.42. The number of hydrogen-bond acceptors (Lipinski definition) is 6. The molecule has 0 radical (unpaired) electrons. The van der Waals surface area contributed by atoms with Gasteiger partial charge in [0.25, 0.3) is 0 Å². The fourth-order valence-electron chi connectivity index (χ4n) is 2.39. The number of rotatable bonds is 9. The summed E-state index contributed by atoms with van der Waals surface area (Å²) in [6, 6.07) is 2.69. The lowest BCUT2D eigenvalue weighted by Gasteiger charge is -2.24. The van der Waals surface area contributed by atoms with Gasteiger partial charge in [-0.2, -0.15) is 49.5 Å². The monoisotopic (exact) mass is 550 g/mol. The highest BCUT2D eigenvalue weighted by molar-refractivity contribution is 6.00. The highest BCUT2D eigenvalue weighted by atomic mass is 19.4. The average molecular weight is 550 g/mol. The highest BCUT2D eigenvalue weighted by Crippen LogP contribution is 2.31. The molecule has 2 rings (SSSR count). The Kier molecular flexibility index (Phi) is 9.40. The van der Waals surface area contributed by atoms with Crippen molar-refractivity contribution in [1.82, 2.24) is 9.97 Å². The summed E-state index contributed by atoms with van der Waals surface area (Å²) in [6.45, 7) is -1.04. The van der Waals surface area contributed by atoms with E-state index >= 15 is 0 Å². The Morgan fingerprint density at radius 3 is 1.78 bits per heavy atom. The summed E-state index contributed by atoms with van der Waals surface area (Å²) in [4.78, 5) is 20.6. The molecule has 37 heavy (non-hydrogen) atoms. The first-order chi connectivity index (χ1) is 16.9. The maximum absolute atomic E-state index is 12.9. The van der Waals surface area contributed by atoms with Crippen LogP contribution in [0.25, 0.3) is 0 Å². The molecule has 0 spiro atoms. The number of carbonyl (C=O) groups is 1. The van der Waals surface area contributed by atoms with Crippen LogP contribution in [0, 0.1) is 0 Å². The number of amides is 2. The first-order valence-corrected chi connectivity index (χ1v) is 10.1. The van der Waals surface area contributed by atoms with Gasteiger partial charge in [0.05, 0.1) is 17.7 Å². The van der Waals surface area contributed by atoms with E-state index in [2.05, 4.69) is 19.4 Å². The molecule has 1 aromatic carbocycles. The van der Waals surface area contributed by atoms with Crippen molar-refractivity contribution >= 4 is 17.7 Å². The van der Waals surface area contributed by atoms with Crippen molar-refractivity contribution in [3.05, 3.63) is 35.9 Å². The third-order valence-corrected chi connectivity index (χ3v) is 3.95. The zero-order valence-electron chi connectivity index (χ0n) is 19.0. The Labute approximate surface area is 203 Å². The van der Waals surface area contributed by atoms with Gasteiger partial charge in [-0.05, 0) is 38.1 Å². The fourth-order valence-corrected chi connectivity index (χ4v) is 2.39. The van der Waals surface area contributed by atoms with Gasteiger partial charge >= 0.3 is 24.6 Å². The highest BCUT2D eigenvalue weighted by Gasteiger charge is 2.32. The summed E-state index contributed by atoms with van der Waals surface area (Å²) in [7, 11) is 0. The number of aromatic nitrogens is 2. The van der Waals surface area contributed by atoms with E-state index in [0.29, 0.717) is 18.2 Å². The Bertz CT molecular complexity index is 1010. The summed E-state index contributed by atoms with van der Waals surface area (Å²) in [6.07, 6.45) is -14.7. The fraction of sp³-hybridized carbons (Fsp3) is 0.450. The van der Waals surface area contributed by atoms with Crippen LogP contribution in [0.2, 0.25) is 0 Å². The van der Waals surface area contributed by atoms with Gasteiger partial charge in [0, 0.05) is 5.69 Å². The molecule has 206 valence electrons. The molecule has 0 saturated carbocycles. The zero-order valence-corrected chi connectivity index (χ0v) is 19.0. The molecule has 0 fully saturated rings. The van der Waals surface area contributed by atoms with Crippen LogP contribution in [-0.4, -0.2) is 54.4 Å². The molecule has 0 aliphatic rings. The molecular formula is C20H19F9N4O4. The third-order valence-electron chi connectivity index (χ3n) is 3.95. The van der Waals surface area contributed by atoms with Crippen molar-refractivity contribution < 1.29 is 58.5 Å². The number of anilines is 2. The maximum Gasteiger partial charge on any atom is 0.422 e. The lowest BCUT2D eigenvalue weighted by atomic mass is 10.2. The second kappa shape index (κ2) is 11.7. The average Bonchev–Trinajstić information content (AvgIpc) is 2.75. The van der Waals surface area contributed by atoms with E-state index in [-0.39, 0.29) is 5.69 Å². The molecule has 1 heterocycles. The van der Waals surface area contributed by atoms with Crippen molar-refractivity contribution in [2.45, 2.75) is 38.5 Å². The number of benzene rings is 1. The third kappa shape index (κ3) is 10.6. The van der Waals surface area contributed by atoms with Crippen LogP contribution in [0.4, 0.5) is 55.9 Å². The smallest absolute Gasteiger partial charge is 0.422 e. The number of hydrogen-bond donors (Lipinski definition) is 1. The number of halogens is 9. The van der Waals surface area contributed by atoms with Crippen LogP contribution >= 0.6 is 0 Å². The summed E-state index contributed by atoms with van der Waals surface area (Å²) in [5.41, 5.74) is -1.10. The van der Waals surface area contributed by atoms with Gasteiger partial charge in [0.2, 0.25) is 17.7 Å². The minimum absolute atomic E-state index is 0.0934. The SMILES string of the molecule is CC(C)OCN(C(=O)Nc1nc(OCC(F)(F)F)cc(OCC(F)(F)F)n1)c1ccc(C(F)(F)F)cc1. The molecule has 0 aliphatic carbocycles. The van der Waals surface area contributed by atoms with E-state index < -0.39 is 73.9 Å². The van der Waals surface area contributed by atoms with Crippen LogP contribution in [0.5, 0.6) is 11.8 Å². The van der Waals surface area contributed by atoms with E-state index in [1.54, 1.807) is 13.8 Å².